The van der Waals surface area contributed by atoms with Crippen LogP contribution in [-0.4, -0.2) is 9.55 Å². The van der Waals surface area contributed by atoms with Crippen molar-refractivity contribution in [3.63, 3.8) is 0 Å². The van der Waals surface area contributed by atoms with Gasteiger partial charge in [0.05, 0.1) is 12.0 Å². The third kappa shape index (κ3) is 2.52. The van der Waals surface area contributed by atoms with Crippen LogP contribution in [0.3, 0.4) is 0 Å². The highest BCUT2D eigenvalue weighted by molar-refractivity contribution is 5.37. The number of nitrogens with two attached hydrogens (primary N) is 1. The summed E-state index contributed by atoms with van der Waals surface area (Å²) < 4.78 is 2.15. The normalized spacial score (nSPS) is 15.8. The van der Waals surface area contributed by atoms with Crippen LogP contribution in [0, 0.1) is 0 Å². The van der Waals surface area contributed by atoms with E-state index in [9.17, 15) is 0 Å². The van der Waals surface area contributed by atoms with Gasteiger partial charge in [0, 0.05) is 6.04 Å². The largest absolute Gasteiger partial charge is 0.384 e. The quantitative estimate of drug-likeness (QED) is 0.729. The van der Waals surface area contributed by atoms with E-state index >= 15 is 0 Å². The van der Waals surface area contributed by atoms with Crippen LogP contribution in [0.25, 0.3) is 0 Å². The van der Waals surface area contributed by atoms with Crippen LogP contribution >= 0.6 is 0 Å². The van der Waals surface area contributed by atoms with Crippen LogP contribution in [0.1, 0.15) is 57.2 Å². The Morgan fingerprint density at radius 3 is 2.87 bits per heavy atom. The van der Waals surface area contributed by atoms with Gasteiger partial charge in [-0.25, -0.2) is 4.98 Å². The average Bonchev–Trinajstić information content (AvgIpc) is 3.00. The van der Waals surface area contributed by atoms with Gasteiger partial charge < -0.3 is 10.3 Å². The Morgan fingerprint density at radius 1 is 1.40 bits per heavy atom. The number of aryl methyl sites for hydroxylation is 1. The Hall–Kier alpha value is -0.990. The molecule has 15 heavy (non-hydrogen) atoms. The van der Waals surface area contributed by atoms with Gasteiger partial charge in [0.15, 0.2) is 0 Å². The summed E-state index contributed by atoms with van der Waals surface area (Å²) in [5.41, 5.74) is 7.17. The molecule has 0 saturated heterocycles. The van der Waals surface area contributed by atoms with Gasteiger partial charge in [-0.15, -0.1) is 0 Å². The molecule has 1 heterocycles. The van der Waals surface area contributed by atoms with Crippen molar-refractivity contribution >= 4 is 5.82 Å². The molecule has 0 unspecified atom stereocenters. The van der Waals surface area contributed by atoms with Crippen LogP contribution in [0.2, 0.25) is 0 Å². The monoisotopic (exact) mass is 207 g/mol. The highest BCUT2D eigenvalue weighted by Crippen LogP contribution is 2.37. The van der Waals surface area contributed by atoms with Gasteiger partial charge in [0.25, 0.3) is 0 Å². The van der Waals surface area contributed by atoms with E-state index in [1.165, 1.54) is 38.5 Å². The number of hydrogen-bond acceptors (Lipinski definition) is 2. The van der Waals surface area contributed by atoms with Crippen LogP contribution in [0.15, 0.2) is 6.33 Å². The molecule has 1 aromatic heterocycles. The lowest BCUT2D eigenvalue weighted by Crippen LogP contribution is -2.01. The Bertz CT molecular complexity index is 313. The molecule has 0 radical (unpaired) electrons. The van der Waals surface area contributed by atoms with Gasteiger partial charge >= 0.3 is 0 Å². The van der Waals surface area contributed by atoms with Gasteiger partial charge in [-0.2, -0.15) is 0 Å². The van der Waals surface area contributed by atoms with E-state index in [1.807, 2.05) is 6.33 Å². The zero-order chi connectivity index (χ0) is 10.7. The number of nitrogens with zero attached hydrogens (tertiary/aromatic N) is 2. The maximum Gasteiger partial charge on any atom is 0.126 e. The molecule has 84 valence electrons. The lowest BCUT2D eigenvalue weighted by atomic mass is 10.1. The smallest absolute Gasteiger partial charge is 0.126 e. The molecule has 0 bridgehead atoms. The summed E-state index contributed by atoms with van der Waals surface area (Å²) in [5, 5.41) is 0. The first-order valence-electron chi connectivity index (χ1n) is 6.14. The van der Waals surface area contributed by atoms with Crippen molar-refractivity contribution in [2.24, 2.45) is 0 Å². The number of hydrogen-bond donors (Lipinski definition) is 1. The Labute approximate surface area is 91.7 Å². The van der Waals surface area contributed by atoms with Gasteiger partial charge in [0.1, 0.15) is 5.82 Å². The number of nitrogen functional groups attached to an aromatic ring is 1. The summed E-state index contributed by atoms with van der Waals surface area (Å²) in [6, 6.07) is 0.655. The summed E-state index contributed by atoms with van der Waals surface area (Å²) >= 11 is 0. The van der Waals surface area contributed by atoms with Crippen LogP contribution in [-0.2, 0) is 6.42 Å². The Morgan fingerprint density at radius 2 is 2.20 bits per heavy atom. The van der Waals surface area contributed by atoms with Crippen molar-refractivity contribution in [3.05, 3.63) is 12.0 Å². The molecule has 3 nitrogen and oxygen atoms in total. The summed E-state index contributed by atoms with van der Waals surface area (Å²) in [5.74, 6) is 0.911. The Kier molecular flexibility index (Phi) is 3.29. The predicted molar refractivity (Wildman–Crippen MR) is 62.8 cm³/mol. The third-order valence-corrected chi connectivity index (χ3v) is 3.12. The maximum absolute atomic E-state index is 6.06. The lowest BCUT2D eigenvalue weighted by molar-refractivity contribution is 0.662. The van der Waals surface area contributed by atoms with E-state index in [-0.39, 0.29) is 0 Å². The molecular weight excluding hydrogens is 186 g/mol. The van der Waals surface area contributed by atoms with Crippen LogP contribution in [0.4, 0.5) is 5.82 Å². The SMILES string of the molecule is CCCCCCc1ncn(C2CC2)c1N. The molecule has 1 saturated carbocycles. The fraction of sp³-hybridized carbons (Fsp3) is 0.750. The molecule has 1 aliphatic rings. The predicted octanol–water partition coefficient (Wildman–Crippen LogP) is 2.92. The van der Waals surface area contributed by atoms with E-state index < -0.39 is 0 Å². The number of aromatic nitrogens is 2. The van der Waals surface area contributed by atoms with Gasteiger partial charge in [-0.05, 0) is 25.7 Å². The molecule has 3 heteroatoms. The lowest BCUT2D eigenvalue weighted by Gasteiger charge is -2.03. The molecule has 0 aliphatic heterocycles. The number of anilines is 1. The first-order valence-corrected chi connectivity index (χ1v) is 6.14. The summed E-state index contributed by atoms with van der Waals surface area (Å²) in [6.45, 7) is 2.23. The van der Waals surface area contributed by atoms with Crippen molar-refractivity contribution < 1.29 is 0 Å². The molecule has 2 rings (SSSR count). The van der Waals surface area contributed by atoms with Crippen molar-refractivity contribution in [3.8, 4) is 0 Å². The Balaban J connectivity index is 1.85. The minimum atomic E-state index is 0.655. The highest BCUT2D eigenvalue weighted by Gasteiger charge is 2.25. The number of unbranched alkanes of at least 4 members (excludes halogenated alkanes) is 3. The first-order chi connectivity index (χ1) is 7.33. The zero-order valence-corrected chi connectivity index (χ0v) is 9.58. The molecule has 0 atom stereocenters. The van der Waals surface area contributed by atoms with Crippen LogP contribution < -0.4 is 5.73 Å². The fourth-order valence-corrected chi connectivity index (χ4v) is 1.96. The molecule has 0 amide bonds. The van der Waals surface area contributed by atoms with E-state index in [0.29, 0.717) is 6.04 Å². The molecule has 1 fully saturated rings. The third-order valence-electron chi connectivity index (χ3n) is 3.12. The number of rotatable bonds is 6. The minimum absolute atomic E-state index is 0.655. The standard InChI is InChI=1S/C12H21N3/c1-2-3-4-5-6-11-12(13)15(9-14-11)10-7-8-10/h9-10H,2-8,13H2,1H3. The summed E-state index contributed by atoms with van der Waals surface area (Å²) in [6.07, 6.45) is 10.6. The highest BCUT2D eigenvalue weighted by atomic mass is 15.2. The molecular formula is C12H21N3. The second-order valence-electron chi connectivity index (χ2n) is 4.53. The minimum Gasteiger partial charge on any atom is -0.384 e. The molecule has 0 aromatic carbocycles. The molecule has 2 N–H and O–H groups in total. The first kappa shape index (κ1) is 10.5. The van der Waals surface area contributed by atoms with Gasteiger partial charge in [-0.3, -0.25) is 0 Å². The second kappa shape index (κ2) is 4.69. The van der Waals surface area contributed by atoms with E-state index in [2.05, 4.69) is 16.5 Å². The van der Waals surface area contributed by atoms with Gasteiger partial charge in [0.2, 0.25) is 0 Å². The van der Waals surface area contributed by atoms with Crippen molar-refractivity contribution in [1.29, 1.82) is 0 Å². The topological polar surface area (TPSA) is 43.8 Å². The fourth-order valence-electron chi connectivity index (χ4n) is 1.96. The number of imidazole rings is 1. The van der Waals surface area contributed by atoms with Crippen molar-refractivity contribution in [2.45, 2.75) is 57.9 Å². The van der Waals surface area contributed by atoms with Crippen molar-refractivity contribution in [2.75, 3.05) is 5.73 Å². The van der Waals surface area contributed by atoms with Gasteiger partial charge in [-0.1, -0.05) is 26.2 Å². The molecule has 1 aromatic rings. The van der Waals surface area contributed by atoms with Crippen molar-refractivity contribution in [1.82, 2.24) is 9.55 Å². The molecule has 1 aliphatic carbocycles. The van der Waals surface area contributed by atoms with E-state index in [4.69, 9.17) is 5.73 Å². The zero-order valence-electron chi connectivity index (χ0n) is 9.58. The summed E-state index contributed by atoms with van der Waals surface area (Å²) in [7, 11) is 0. The van der Waals surface area contributed by atoms with Crippen LogP contribution in [0.5, 0.6) is 0 Å². The summed E-state index contributed by atoms with van der Waals surface area (Å²) in [4.78, 5) is 4.41. The molecule has 0 spiro atoms. The maximum atomic E-state index is 6.06. The van der Waals surface area contributed by atoms with E-state index in [1.54, 1.807) is 0 Å². The van der Waals surface area contributed by atoms with E-state index in [0.717, 1.165) is 17.9 Å². The average molecular weight is 207 g/mol. The second-order valence-corrected chi connectivity index (χ2v) is 4.53.